The molecule has 0 unspecified atom stereocenters. The van der Waals surface area contributed by atoms with Gasteiger partial charge in [0.1, 0.15) is 5.69 Å². The normalized spacial score (nSPS) is 16.0. The van der Waals surface area contributed by atoms with Crippen molar-refractivity contribution >= 4 is 21.2 Å². The molecule has 2 aromatic carbocycles. The van der Waals surface area contributed by atoms with Gasteiger partial charge in [-0.2, -0.15) is 0 Å². The Bertz CT molecular complexity index is 845. The highest BCUT2D eigenvalue weighted by atomic mass is 32.2. The molecule has 0 spiro atoms. The van der Waals surface area contributed by atoms with Gasteiger partial charge in [-0.25, -0.2) is 8.42 Å². The Labute approximate surface area is 148 Å². The van der Waals surface area contributed by atoms with Crippen molar-refractivity contribution in [3.05, 3.63) is 54.1 Å². The van der Waals surface area contributed by atoms with Crippen molar-refractivity contribution < 1.29 is 8.42 Å². The molecule has 0 atom stereocenters. The van der Waals surface area contributed by atoms with Gasteiger partial charge in [-0.05, 0) is 36.3 Å². The highest BCUT2D eigenvalue weighted by Gasteiger charge is 2.22. The van der Waals surface area contributed by atoms with Gasteiger partial charge in [0.25, 0.3) is 0 Å². The van der Waals surface area contributed by atoms with E-state index in [-0.39, 0.29) is 16.3 Å². The second-order valence-electron chi connectivity index (χ2n) is 6.29. The van der Waals surface area contributed by atoms with E-state index in [1.165, 1.54) is 0 Å². The molecule has 1 fully saturated rings. The molecule has 0 amide bonds. The van der Waals surface area contributed by atoms with Crippen LogP contribution in [0.15, 0.2) is 58.5 Å². The molecule has 3 rings (SSSR count). The summed E-state index contributed by atoms with van der Waals surface area (Å²) in [7, 11) is -1.55. The van der Waals surface area contributed by atoms with Crippen molar-refractivity contribution in [1.29, 1.82) is 0 Å². The number of hydrogen-bond acceptors (Lipinski definition) is 5. The number of piperazine rings is 1. The van der Waals surface area contributed by atoms with Crippen LogP contribution in [0.2, 0.25) is 0 Å². The zero-order chi connectivity index (χ0) is 17.9. The van der Waals surface area contributed by atoms with Crippen molar-refractivity contribution in [3.8, 4) is 0 Å². The van der Waals surface area contributed by atoms with Gasteiger partial charge in [0, 0.05) is 31.9 Å². The maximum absolute atomic E-state index is 12.9. The zero-order valence-electron chi connectivity index (χ0n) is 14.2. The second kappa shape index (κ2) is 7.33. The van der Waals surface area contributed by atoms with Gasteiger partial charge in [-0.15, -0.1) is 5.11 Å². The van der Waals surface area contributed by atoms with E-state index in [1.807, 2.05) is 24.3 Å². The first kappa shape index (κ1) is 17.6. The molecule has 0 aromatic heterocycles. The number of anilines is 1. The molecule has 0 N–H and O–H groups in total. The summed E-state index contributed by atoms with van der Waals surface area (Å²) < 4.78 is 25.7. The van der Waals surface area contributed by atoms with Gasteiger partial charge in [0.15, 0.2) is 9.84 Å². The van der Waals surface area contributed by atoms with E-state index in [2.05, 4.69) is 22.0 Å². The molecule has 0 aliphatic carbocycles. The Balaban J connectivity index is 1.93. The smallest absolute Gasteiger partial charge is 0.184 e. The Morgan fingerprint density at radius 2 is 1.72 bits per heavy atom. The van der Waals surface area contributed by atoms with Crippen molar-refractivity contribution in [1.82, 2.24) is 10.4 Å². The van der Waals surface area contributed by atoms with Crippen molar-refractivity contribution in [2.75, 3.05) is 38.1 Å². The molecular weight excluding hydrogens is 336 g/mol. The van der Waals surface area contributed by atoms with Crippen LogP contribution in [0.25, 0.3) is 0 Å². The van der Waals surface area contributed by atoms with Crippen LogP contribution in [0.1, 0.15) is 5.56 Å². The largest absolute Gasteiger partial charge is 0.369 e. The van der Waals surface area contributed by atoms with Crippen LogP contribution in [0.4, 0.5) is 11.4 Å². The number of likely N-dealkylation sites (N-methyl/N-ethyl adjacent to an activating group) is 1. The minimum Gasteiger partial charge on any atom is -0.369 e. The molecule has 6 nitrogen and oxygen atoms in total. The third-order valence-electron chi connectivity index (χ3n) is 4.45. The molecule has 2 aromatic rings. The molecule has 0 saturated carbocycles. The van der Waals surface area contributed by atoms with Crippen LogP contribution in [-0.2, 0) is 15.6 Å². The number of nitrogens with zero attached hydrogens (tertiary/aromatic N) is 4. The van der Waals surface area contributed by atoms with E-state index in [4.69, 9.17) is 0 Å². The topological polar surface area (TPSA) is 75.3 Å². The first-order valence-electron chi connectivity index (χ1n) is 8.19. The quantitative estimate of drug-likeness (QED) is 0.770. The van der Waals surface area contributed by atoms with Crippen molar-refractivity contribution in [2.45, 2.75) is 10.6 Å². The minimum absolute atomic E-state index is 0.0651. The van der Waals surface area contributed by atoms with E-state index in [0.29, 0.717) is 5.56 Å². The predicted molar refractivity (Wildman–Crippen MR) is 97.7 cm³/mol. The van der Waals surface area contributed by atoms with Crippen molar-refractivity contribution in [2.24, 2.45) is 5.11 Å². The Kier molecular flexibility index (Phi) is 5.15. The molecule has 1 saturated heterocycles. The van der Waals surface area contributed by atoms with E-state index in [1.54, 1.807) is 24.3 Å². The Hall–Kier alpha value is -2.25. The summed E-state index contributed by atoms with van der Waals surface area (Å²) in [6.45, 7) is 3.53. The number of rotatable bonds is 5. The first-order valence-corrected chi connectivity index (χ1v) is 9.84. The first-order chi connectivity index (χ1) is 12.0. The van der Waals surface area contributed by atoms with Crippen LogP contribution < -0.4 is 10.4 Å². The summed E-state index contributed by atoms with van der Waals surface area (Å²) in [5, 5.41) is 3.17. The van der Waals surface area contributed by atoms with Crippen LogP contribution in [0, 0.1) is 0 Å². The van der Waals surface area contributed by atoms with Crippen LogP contribution >= 0.6 is 0 Å². The lowest BCUT2D eigenvalue weighted by Crippen LogP contribution is -2.44. The molecule has 7 heteroatoms. The lowest BCUT2D eigenvalue weighted by atomic mass is 10.2. The van der Waals surface area contributed by atoms with Crippen LogP contribution in [0.3, 0.4) is 0 Å². The lowest BCUT2D eigenvalue weighted by Gasteiger charge is -2.34. The van der Waals surface area contributed by atoms with Gasteiger partial charge in [0.05, 0.1) is 10.6 Å². The summed E-state index contributed by atoms with van der Waals surface area (Å²) in [4.78, 5) is 4.46. The average molecular weight is 357 g/mol. The van der Waals surface area contributed by atoms with Crippen LogP contribution in [-0.4, -0.2) is 46.5 Å². The highest BCUT2D eigenvalue weighted by Crippen LogP contribution is 2.31. The molecule has 1 heterocycles. The Morgan fingerprint density at radius 3 is 2.36 bits per heavy atom. The zero-order valence-corrected chi connectivity index (χ0v) is 15.0. The highest BCUT2D eigenvalue weighted by molar-refractivity contribution is 7.90. The van der Waals surface area contributed by atoms with Gasteiger partial charge in [0.2, 0.25) is 0 Å². The summed E-state index contributed by atoms with van der Waals surface area (Å²) in [5.41, 5.74) is 10.8. The third-order valence-corrected chi connectivity index (χ3v) is 6.16. The maximum atomic E-state index is 12.9. The lowest BCUT2D eigenvalue weighted by molar-refractivity contribution is 0.313. The number of hydrogen-bond donors (Lipinski definition) is 0. The fourth-order valence-corrected chi connectivity index (χ4v) is 4.48. The molecule has 1 aliphatic rings. The fourth-order valence-electron chi connectivity index (χ4n) is 2.97. The number of benzene rings is 2. The molecule has 0 bridgehead atoms. The summed E-state index contributed by atoms with van der Waals surface area (Å²) in [6.07, 6.45) is 0. The van der Waals surface area contributed by atoms with Crippen molar-refractivity contribution in [3.63, 3.8) is 0 Å². The van der Waals surface area contributed by atoms with Gasteiger partial charge in [-0.1, -0.05) is 30.3 Å². The van der Waals surface area contributed by atoms with Crippen LogP contribution in [0.5, 0.6) is 0 Å². The van der Waals surface area contributed by atoms with Gasteiger partial charge >= 0.3 is 0 Å². The molecule has 1 radical (unpaired) electrons. The van der Waals surface area contributed by atoms with E-state index < -0.39 is 9.84 Å². The average Bonchev–Trinajstić information content (AvgIpc) is 2.62. The molecule has 25 heavy (non-hydrogen) atoms. The second-order valence-corrected chi connectivity index (χ2v) is 8.25. The summed E-state index contributed by atoms with van der Waals surface area (Å²) in [6, 6.07) is 14.0. The van der Waals surface area contributed by atoms with Gasteiger partial charge < -0.3 is 9.80 Å². The fraction of sp³-hybridized carbons (Fsp3) is 0.333. The number of sulfone groups is 1. The summed E-state index contributed by atoms with van der Waals surface area (Å²) in [5.74, 6) is -0.122. The van der Waals surface area contributed by atoms with Gasteiger partial charge in [-0.3, -0.25) is 0 Å². The van der Waals surface area contributed by atoms with E-state index >= 15 is 0 Å². The van der Waals surface area contributed by atoms with E-state index in [9.17, 15) is 13.9 Å². The monoisotopic (exact) mass is 357 g/mol. The molecular formula is C18H21N4O2S. The minimum atomic E-state index is -3.62. The Morgan fingerprint density at radius 1 is 1.04 bits per heavy atom. The summed E-state index contributed by atoms with van der Waals surface area (Å²) >= 11 is 0. The van der Waals surface area contributed by atoms with E-state index in [0.717, 1.165) is 31.9 Å². The predicted octanol–water partition coefficient (Wildman–Crippen LogP) is 2.30. The standard InChI is InChI=1S/C18H21N4O2S/c1-21-9-11-22(12-10-21)16-7-8-17(20-19)18(13-16)25(23,24)14-15-5-3-2-4-6-15/h2-8,13H,9-12,14H2,1H3. The SMILES string of the molecule is CN1CCN(c2ccc(N=[N])c(S(=O)(=O)Cc3ccccc3)c2)CC1. The third kappa shape index (κ3) is 4.05. The molecule has 1 aliphatic heterocycles. The molecule has 131 valence electrons. The maximum Gasteiger partial charge on any atom is 0.184 e.